The van der Waals surface area contributed by atoms with Crippen molar-refractivity contribution in [2.45, 2.75) is 6.42 Å². The summed E-state index contributed by atoms with van der Waals surface area (Å²) in [5.41, 5.74) is 2.16. The van der Waals surface area contributed by atoms with E-state index in [9.17, 15) is 9.18 Å². The number of rotatable bonds is 3. The second-order valence-corrected chi connectivity index (χ2v) is 4.60. The summed E-state index contributed by atoms with van der Waals surface area (Å²) in [6, 6.07) is 15.3. The molecule has 98 valence electrons. The zero-order valence-electron chi connectivity index (χ0n) is 10.7. The smallest absolute Gasteiger partial charge is 0.167 e. The van der Waals surface area contributed by atoms with Crippen molar-refractivity contribution in [3.63, 3.8) is 0 Å². The Morgan fingerprint density at radius 1 is 1.05 bits per heavy atom. The lowest BCUT2D eigenvalue weighted by molar-refractivity contribution is 0.0993. The highest BCUT2D eigenvalue weighted by molar-refractivity contribution is 5.99. The first kappa shape index (κ1) is 12.5. The molecule has 3 heteroatoms. The molecule has 20 heavy (non-hydrogen) atoms. The van der Waals surface area contributed by atoms with Crippen LogP contribution in [-0.4, -0.2) is 10.8 Å². The Morgan fingerprint density at radius 2 is 1.90 bits per heavy atom. The number of carbonyl (C=O) groups is 1. The Labute approximate surface area is 115 Å². The maximum absolute atomic E-state index is 13.2. The van der Waals surface area contributed by atoms with E-state index < -0.39 is 5.82 Å². The molecule has 1 aromatic heterocycles. The number of ketones is 1. The summed E-state index contributed by atoms with van der Waals surface area (Å²) in [5, 5.41) is 0.958. The van der Waals surface area contributed by atoms with Crippen LogP contribution in [0.15, 0.2) is 60.8 Å². The van der Waals surface area contributed by atoms with E-state index in [1.165, 1.54) is 12.1 Å². The van der Waals surface area contributed by atoms with Crippen LogP contribution in [0, 0.1) is 5.82 Å². The van der Waals surface area contributed by atoms with Crippen LogP contribution in [0.3, 0.4) is 0 Å². The van der Waals surface area contributed by atoms with Crippen molar-refractivity contribution in [2.75, 3.05) is 0 Å². The van der Waals surface area contributed by atoms with Gasteiger partial charge in [0.25, 0.3) is 0 Å². The first-order valence-corrected chi connectivity index (χ1v) is 6.35. The number of benzene rings is 2. The number of aromatic nitrogens is 1. The van der Waals surface area contributed by atoms with E-state index >= 15 is 0 Å². The van der Waals surface area contributed by atoms with Crippen molar-refractivity contribution < 1.29 is 9.18 Å². The van der Waals surface area contributed by atoms with Gasteiger partial charge in [0, 0.05) is 23.6 Å². The van der Waals surface area contributed by atoms with E-state index in [0.717, 1.165) is 16.5 Å². The molecule has 0 N–H and O–H groups in total. The quantitative estimate of drug-likeness (QED) is 0.674. The average molecular weight is 265 g/mol. The van der Waals surface area contributed by atoms with Gasteiger partial charge >= 0.3 is 0 Å². The summed E-state index contributed by atoms with van der Waals surface area (Å²) in [4.78, 5) is 16.5. The number of hydrogen-bond donors (Lipinski definition) is 0. The van der Waals surface area contributed by atoms with Crippen LogP contribution >= 0.6 is 0 Å². The van der Waals surface area contributed by atoms with Gasteiger partial charge in [-0.05, 0) is 29.8 Å². The molecule has 0 radical (unpaired) electrons. The molecule has 3 rings (SSSR count). The van der Waals surface area contributed by atoms with Crippen molar-refractivity contribution in [1.82, 2.24) is 4.98 Å². The third kappa shape index (κ3) is 2.43. The second kappa shape index (κ2) is 5.21. The fraction of sp³-hybridized carbons (Fsp3) is 0.0588. The van der Waals surface area contributed by atoms with Crippen molar-refractivity contribution >= 4 is 16.7 Å². The molecule has 0 spiro atoms. The van der Waals surface area contributed by atoms with Gasteiger partial charge in [0.1, 0.15) is 5.82 Å². The zero-order chi connectivity index (χ0) is 13.9. The highest BCUT2D eigenvalue weighted by Crippen LogP contribution is 2.18. The molecule has 2 aromatic carbocycles. The molecule has 0 unspecified atom stereocenters. The van der Waals surface area contributed by atoms with Gasteiger partial charge in [-0.3, -0.25) is 9.78 Å². The summed E-state index contributed by atoms with van der Waals surface area (Å²) < 4.78 is 13.2. The van der Waals surface area contributed by atoms with Gasteiger partial charge in [-0.1, -0.05) is 30.3 Å². The van der Waals surface area contributed by atoms with Crippen molar-refractivity contribution in [3.8, 4) is 0 Å². The predicted molar refractivity (Wildman–Crippen MR) is 76.2 cm³/mol. The van der Waals surface area contributed by atoms with Crippen LogP contribution in [0.2, 0.25) is 0 Å². The average Bonchev–Trinajstić information content (AvgIpc) is 2.47. The molecule has 2 nitrogen and oxygen atoms in total. The third-order valence-electron chi connectivity index (χ3n) is 3.24. The van der Waals surface area contributed by atoms with Gasteiger partial charge in [-0.2, -0.15) is 0 Å². The minimum absolute atomic E-state index is 0.0964. The van der Waals surface area contributed by atoms with Gasteiger partial charge in [-0.25, -0.2) is 4.39 Å². The van der Waals surface area contributed by atoms with Crippen molar-refractivity contribution in [3.05, 3.63) is 77.7 Å². The molecule has 0 atom stereocenters. The van der Waals surface area contributed by atoms with E-state index in [4.69, 9.17) is 0 Å². The Kier molecular flexibility index (Phi) is 3.25. The summed E-state index contributed by atoms with van der Waals surface area (Å²) in [6.45, 7) is 0. The molecule has 0 aliphatic carbocycles. The van der Waals surface area contributed by atoms with E-state index in [0.29, 0.717) is 5.56 Å². The Morgan fingerprint density at radius 3 is 2.75 bits per heavy atom. The van der Waals surface area contributed by atoms with Gasteiger partial charge in [0.15, 0.2) is 5.78 Å². The van der Waals surface area contributed by atoms with Gasteiger partial charge in [-0.15, -0.1) is 0 Å². The summed E-state index contributed by atoms with van der Waals surface area (Å²) in [7, 11) is 0. The zero-order valence-corrected chi connectivity index (χ0v) is 10.7. The number of halogens is 1. The highest BCUT2D eigenvalue weighted by atomic mass is 19.1. The molecule has 1 heterocycles. The Hall–Kier alpha value is -2.55. The lowest BCUT2D eigenvalue weighted by Gasteiger charge is -2.05. The first-order chi connectivity index (χ1) is 9.74. The number of nitrogens with zero attached hydrogens (tertiary/aromatic N) is 1. The second-order valence-electron chi connectivity index (χ2n) is 4.60. The molecule has 0 amide bonds. The molecule has 3 aromatic rings. The third-order valence-corrected chi connectivity index (χ3v) is 3.24. The first-order valence-electron chi connectivity index (χ1n) is 6.35. The van der Waals surface area contributed by atoms with E-state index in [2.05, 4.69) is 4.98 Å². The molecular weight excluding hydrogens is 253 g/mol. The normalized spacial score (nSPS) is 10.7. The fourth-order valence-corrected chi connectivity index (χ4v) is 2.25. The molecule has 0 aliphatic rings. The van der Waals surface area contributed by atoms with E-state index in [1.807, 2.05) is 30.3 Å². The molecule has 0 saturated heterocycles. The number of para-hydroxylation sites is 1. The lowest BCUT2D eigenvalue weighted by Crippen LogP contribution is -2.04. The summed E-state index contributed by atoms with van der Waals surface area (Å²) in [5.74, 6) is -0.490. The summed E-state index contributed by atoms with van der Waals surface area (Å²) >= 11 is 0. The Bertz CT molecular complexity index is 777. The van der Waals surface area contributed by atoms with Crippen molar-refractivity contribution in [2.24, 2.45) is 0 Å². The van der Waals surface area contributed by atoms with E-state index in [1.54, 1.807) is 18.3 Å². The maximum atomic E-state index is 13.2. The molecule has 0 saturated carbocycles. The number of Topliss-reactive ketones (excluding diaryl/α,β-unsaturated/α-hetero) is 1. The number of hydrogen-bond acceptors (Lipinski definition) is 2. The van der Waals surface area contributed by atoms with Crippen LogP contribution in [0.4, 0.5) is 4.39 Å². The molecule has 0 bridgehead atoms. The standard InChI is InChI=1S/C17H12FNO/c18-14-5-3-4-13(10-14)17(20)11-12-8-9-19-16-7-2-1-6-15(12)16/h1-10H,11H2. The topological polar surface area (TPSA) is 30.0 Å². The van der Waals surface area contributed by atoms with Crippen LogP contribution in [-0.2, 0) is 6.42 Å². The summed E-state index contributed by atoms with van der Waals surface area (Å²) in [6.07, 6.45) is 1.93. The van der Waals surface area contributed by atoms with Crippen LogP contribution in [0.1, 0.15) is 15.9 Å². The van der Waals surface area contributed by atoms with Crippen LogP contribution in [0.25, 0.3) is 10.9 Å². The number of fused-ring (bicyclic) bond motifs is 1. The van der Waals surface area contributed by atoms with Crippen LogP contribution in [0.5, 0.6) is 0 Å². The largest absolute Gasteiger partial charge is 0.294 e. The fourth-order valence-electron chi connectivity index (χ4n) is 2.25. The SMILES string of the molecule is O=C(Cc1ccnc2ccccc12)c1cccc(F)c1. The van der Waals surface area contributed by atoms with Gasteiger partial charge in [0.2, 0.25) is 0 Å². The number of pyridine rings is 1. The number of carbonyl (C=O) groups excluding carboxylic acids is 1. The van der Waals surface area contributed by atoms with Gasteiger partial charge in [0.05, 0.1) is 5.52 Å². The van der Waals surface area contributed by atoms with Crippen LogP contribution < -0.4 is 0 Å². The molecular formula is C17H12FNO. The molecule has 0 fully saturated rings. The minimum atomic E-state index is -0.393. The Balaban J connectivity index is 1.95. The van der Waals surface area contributed by atoms with E-state index in [-0.39, 0.29) is 12.2 Å². The lowest BCUT2D eigenvalue weighted by atomic mass is 10.00. The monoisotopic (exact) mass is 265 g/mol. The highest BCUT2D eigenvalue weighted by Gasteiger charge is 2.10. The van der Waals surface area contributed by atoms with Crippen molar-refractivity contribution in [1.29, 1.82) is 0 Å². The maximum Gasteiger partial charge on any atom is 0.167 e. The minimum Gasteiger partial charge on any atom is -0.294 e. The molecule has 0 aliphatic heterocycles. The predicted octanol–water partition coefficient (Wildman–Crippen LogP) is 3.80. The van der Waals surface area contributed by atoms with Gasteiger partial charge < -0.3 is 0 Å².